The Morgan fingerprint density at radius 1 is 1.19 bits per heavy atom. The number of anilines is 1. The number of nitrogens with zero attached hydrogens (tertiary/aromatic N) is 2. The third-order valence-corrected chi connectivity index (χ3v) is 5.55. The van der Waals surface area contributed by atoms with Crippen LogP contribution in [0.25, 0.3) is 0 Å². The van der Waals surface area contributed by atoms with Crippen LogP contribution in [0.4, 0.5) is 9.52 Å². The molecule has 1 N–H and O–H groups in total. The van der Waals surface area contributed by atoms with Crippen LogP contribution in [0.15, 0.2) is 48.5 Å². The lowest BCUT2D eigenvalue weighted by atomic mass is 10.2. The SMILES string of the molecule is O=C(Nc1nnc(CSCCOc2ccc(Cl)cc2)s1)c1ccccc1F. The molecule has 0 spiro atoms. The molecule has 0 saturated heterocycles. The number of hydrogen-bond acceptors (Lipinski definition) is 6. The molecule has 1 amide bonds. The molecule has 0 saturated carbocycles. The van der Waals surface area contributed by atoms with E-state index in [9.17, 15) is 9.18 Å². The maximum absolute atomic E-state index is 13.6. The first kappa shape index (κ1) is 19.6. The Kier molecular flexibility index (Phi) is 7.03. The molecule has 0 unspecified atom stereocenters. The normalized spacial score (nSPS) is 10.6. The van der Waals surface area contributed by atoms with Crippen LogP contribution in [-0.2, 0) is 5.75 Å². The zero-order valence-electron chi connectivity index (χ0n) is 14.0. The van der Waals surface area contributed by atoms with Crippen molar-refractivity contribution in [2.45, 2.75) is 5.75 Å². The maximum Gasteiger partial charge on any atom is 0.260 e. The lowest BCUT2D eigenvalue weighted by Crippen LogP contribution is -2.13. The number of rotatable bonds is 8. The van der Waals surface area contributed by atoms with Gasteiger partial charge in [0.1, 0.15) is 16.6 Å². The quantitative estimate of drug-likeness (QED) is 0.522. The predicted octanol–water partition coefficient (Wildman–Crippen LogP) is 4.90. The lowest BCUT2D eigenvalue weighted by Gasteiger charge is -2.05. The molecule has 3 aromatic rings. The van der Waals surface area contributed by atoms with Gasteiger partial charge in [-0.05, 0) is 36.4 Å². The minimum Gasteiger partial charge on any atom is -0.493 e. The molecule has 9 heteroatoms. The molecule has 0 aliphatic rings. The Hall–Kier alpha value is -2.16. The molecule has 1 aromatic heterocycles. The topological polar surface area (TPSA) is 64.1 Å². The minimum atomic E-state index is -0.573. The average Bonchev–Trinajstić information content (AvgIpc) is 3.10. The smallest absolute Gasteiger partial charge is 0.260 e. The standard InChI is InChI=1S/C18H15ClFN3O2S2/c19-12-5-7-13(8-6-12)25-9-10-26-11-16-22-23-18(27-16)21-17(24)14-3-1-2-4-15(14)20/h1-8H,9-11H2,(H,21,23,24). The van der Waals surface area contributed by atoms with Crippen molar-refractivity contribution in [1.82, 2.24) is 10.2 Å². The van der Waals surface area contributed by atoms with Crippen LogP contribution in [0.5, 0.6) is 5.75 Å². The lowest BCUT2D eigenvalue weighted by molar-refractivity contribution is 0.102. The zero-order valence-corrected chi connectivity index (χ0v) is 16.4. The monoisotopic (exact) mass is 423 g/mol. The number of halogens is 2. The number of ether oxygens (including phenoxy) is 1. The van der Waals surface area contributed by atoms with Crippen LogP contribution < -0.4 is 10.1 Å². The van der Waals surface area contributed by atoms with E-state index in [0.717, 1.165) is 16.5 Å². The minimum absolute atomic E-state index is 0.0250. The van der Waals surface area contributed by atoms with Crippen LogP contribution in [0.2, 0.25) is 5.02 Å². The maximum atomic E-state index is 13.6. The van der Waals surface area contributed by atoms with Crippen molar-refractivity contribution < 1.29 is 13.9 Å². The number of carbonyl (C=O) groups is 1. The highest BCUT2D eigenvalue weighted by molar-refractivity contribution is 7.98. The summed E-state index contributed by atoms with van der Waals surface area (Å²) in [4.78, 5) is 12.1. The number of thioether (sulfide) groups is 1. The van der Waals surface area contributed by atoms with E-state index in [2.05, 4.69) is 15.5 Å². The van der Waals surface area contributed by atoms with E-state index in [1.54, 1.807) is 30.0 Å². The Morgan fingerprint density at radius 2 is 1.96 bits per heavy atom. The Bertz CT molecular complexity index is 906. The molecule has 0 fully saturated rings. The molecule has 5 nitrogen and oxygen atoms in total. The summed E-state index contributed by atoms with van der Waals surface area (Å²) in [5.74, 6) is 1.08. The van der Waals surface area contributed by atoms with E-state index in [1.807, 2.05) is 12.1 Å². The van der Waals surface area contributed by atoms with Crippen LogP contribution >= 0.6 is 34.7 Å². The highest BCUT2D eigenvalue weighted by Gasteiger charge is 2.13. The highest BCUT2D eigenvalue weighted by atomic mass is 35.5. The summed E-state index contributed by atoms with van der Waals surface area (Å²) in [6.07, 6.45) is 0. The first-order valence-electron chi connectivity index (χ1n) is 7.96. The summed E-state index contributed by atoms with van der Waals surface area (Å²) in [6, 6.07) is 13.0. The number of amides is 1. The summed E-state index contributed by atoms with van der Waals surface area (Å²) in [5, 5.41) is 12.3. The number of benzene rings is 2. The molecular weight excluding hydrogens is 409 g/mol. The van der Waals surface area contributed by atoms with Crippen molar-refractivity contribution in [1.29, 1.82) is 0 Å². The van der Waals surface area contributed by atoms with Crippen LogP contribution in [0.3, 0.4) is 0 Å². The summed E-state index contributed by atoms with van der Waals surface area (Å²) < 4.78 is 19.2. The Morgan fingerprint density at radius 3 is 2.74 bits per heavy atom. The summed E-state index contributed by atoms with van der Waals surface area (Å²) in [6.45, 7) is 0.558. The molecule has 1 heterocycles. The highest BCUT2D eigenvalue weighted by Crippen LogP contribution is 2.21. The fraction of sp³-hybridized carbons (Fsp3) is 0.167. The van der Waals surface area contributed by atoms with Gasteiger partial charge in [-0.1, -0.05) is 35.1 Å². The van der Waals surface area contributed by atoms with Gasteiger partial charge in [0.2, 0.25) is 5.13 Å². The fourth-order valence-electron chi connectivity index (χ4n) is 2.08. The number of hydrogen-bond donors (Lipinski definition) is 1. The Balaban J connectivity index is 1.41. The molecule has 0 aliphatic carbocycles. The van der Waals surface area contributed by atoms with Crippen molar-refractivity contribution in [2.24, 2.45) is 0 Å². The molecule has 2 aromatic carbocycles. The van der Waals surface area contributed by atoms with Gasteiger partial charge in [-0.15, -0.1) is 10.2 Å². The number of nitrogens with one attached hydrogen (secondary N) is 1. The van der Waals surface area contributed by atoms with Gasteiger partial charge in [-0.2, -0.15) is 11.8 Å². The first-order valence-corrected chi connectivity index (χ1v) is 10.3. The second-order valence-corrected chi connectivity index (χ2v) is 7.89. The van der Waals surface area contributed by atoms with Gasteiger partial charge in [0.15, 0.2) is 0 Å². The van der Waals surface area contributed by atoms with E-state index < -0.39 is 11.7 Å². The second kappa shape index (κ2) is 9.68. The summed E-state index contributed by atoms with van der Waals surface area (Å²) in [5.41, 5.74) is -0.0250. The molecule has 0 bridgehead atoms. The molecule has 3 rings (SSSR count). The van der Waals surface area contributed by atoms with E-state index in [1.165, 1.54) is 29.5 Å². The van der Waals surface area contributed by atoms with Gasteiger partial charge < -0.3 is 4.74 Å². The van der Waals surface area contributed by atoms with Crippen molar-refractivity contribution in [3.05, 3.63) is 69.9 Å². The molecule has 27 heavy (non-hydrogen) atoms. The zero-order chi connectivity index (χ0) is 19.1. The second-order valence-electron chi connectivity index (χ2n) is 5.29. The van der Waals surface area contributed by atoms with Gasteiger partial charge in [0.25, 0.3) is 5.91 Å². The summed E-state index contributed by atoms with van der Waals surface area (Å²) >= 11 is 8.73. The van der Waals surface area contributed by atoms with Crippen molar-refractivity contribution in [3.63, 3.8) is 0 Å². The van der Waals surface area contributed by atoms with Crippen molar-refractivity contribution >= 4 is 45.7 Å². The average molecular weight is 424 g/mol. The summed E-state index contributed by atoms with van der Waals surface area (Å²) in [7, 11) is 0. The van der Waals surface area contributed by atoms with Crippen LogP contribution in [0.1, 0.15) is 15.4 Å². The third kappa shape index (κ3) is 5.92. The molecule has 0 radical (unpaired) electrons. The largest absolute Gasteiger partial charge is 0.493 e. The molecule has 140 valence electrons. The third-order valence-electron chi connectivity index (χ3n) is 3.34. The van der Waals surface area contributed by atoms with Crippen molar-refractivity contribution in [2.75, 3.05) is 17.7 Å². The fourth-order valence-corrected chi connectivity index (χ4v) is 3.80. The van der Waals surface area contributed by atoms with Gasteiger partial charge >= 0.3 is 0 Å². The Labute approximate surface area is 168 Å². The van der Waals surface area contributed by atoms with Crippen LogP contribution in [0, 0.1) is 5.82 Å². The molecule has 0 aliphatic heterocycles. The van der Waals surface area contributed by atoms with Gasteiger partial charge in [-0.3, -0.25) is 10.1 Å². The van der Waals surface area contributed by atoms with E-state index in [4.69, 9.17) is 16.3 Å². The number of carbonyl (C=O) groups excluding carboxylic acids is 1. The van der Waals surface area contributed by atoms with Crippen LogP contribution in [-0.4, -0.2) is 28.5 Å². The first-order chi connectivity index (χ1) is 13.1. The van der Waals surface area contributed by atoms with Gasteiger partial charge in [0.05, 0.1) is 12.2 Å². The van der Waals surface area contributed by atoms with Gasteiger partial charge in [0, 0.05) is 16.5 Å². The predicted molar refractivity (Wildman–Crippen MR) is 107 cm³/mol. The molecule has 0 atom stereocenters. The number of aromatic nitrogens is 2. The van der Waals surface area contributed by atoms with Crippen molar-refractivity contribution in [3.8, 4) is 5.75 Å². The van der Waals surface area contributed by atoms with Gasteiger partial charge in [-0.25, -0.2) is 4.39 Å². The van der Waals surface area contributed by atoms with E-state index >= 15 is 0 Å². The van der Waals surface area contributed by atoms with E-state index in [0.29, 0.717) is 22.5 Å². The molecular formula is C18H15ClFN3O2S2. The van der Waals surface area contributed by atoms with E-state index in [-0.39, 0.29) is 5.56 Å².